The van der Waals surface area contributed by atoms with Crippen molar-refractivity contribution in [2.24, 2.45) is 5.92 Å². The Balaban J connectivity index is 4.44. The van der Waals surface area contributed by atoms with E-state index in [9.17, 15) is 0 Å². The molecule has 0 unspecified atom stereocenters. The van der Waals surface area contributed by atoms with Crippen LogP contribution >= 0.6 is 0 Å². The molecule has 0 nitrogen and oxygen atoms in total. The molecular formula is C11H18. The van der Waals surface area contributed by atoms with E-state index in [1.54, 1.807) is 0 Å². The fourth-order valence-electron chi connectivity index (χ4n) is 0.905. The van der Waals surface area contributed by atoms with Crippen LogP contribution in [0.15, 0.2) is 36.0 Å². The summed E-state index contributed by atoms with van der Waals surface area (Å²) in [5.41, 5.74) is 2.61. The van der Waals surface area contributed by atoms with Crippen LogP contribution < -0.4 is 0 Å². The molecule has 0 aromatic rings. The van der Waals surface area contributed by atoms with Crippen LogP contribution in [-0.2, 0) is 0 Å². The summed E-state index contributed by atoms with van der Waals surface area (Å²) in [6.07, 6.45) is 6.21. The minimum Gasteiger partial charge on any atom is -0.0988 e. The van der Waals surface area contributed by atoms with Crippen LogP contribution in [0.25, 0.3) is 0 Å². The zero-order chi connectivity index (χ0) is 8.85. The summed E-state index contributed by atoms with van der Waals surface area (Å²) in [7, 11) is 0. The average molecular weight is 150 g/mol. The lowest BCUT2D eigenvalue weighted by atomic mass is 10.0. The Morgan fingerprint density at radius 3 is 2.18 bits per heavy atom. The number of hydrogen-bond acceptors (Lipinski definition) is 0. The first-order chi connectivity index (χ1) is 5.11. The highest BCUT2D eigenvalue weighted by molar-refractivity contribution is 5.28. The van der Waals surface area contributed by atoms with E-state index in [-0.39, 0.29) is 0 Å². The van der Waals surface area contributed by atoms with Crippen LogP contribution in [0, 0.1) is 5.92 Å². The molecule has 0 aromatic heterocycles. The maximum Gasteiger partial charge on any atom is -0.0222 e. The standard InChI is InChI=1S/C11H18/c1-6-10(5)8-11(7-2)9(3)4/h6-9H,1H2,2-5H3/b10-8-,11-7+. The lowest BCUT2D eigenvalue weighted by Crippen LogP contribution is -1.90. The second-order valence-corrected chi connectivity index (χ2v) is 3.04. The normalized spacial score (nSPS) is 13.9. The van der Waals surface area contributed by atoms with Crippen molar-refractivity contribution < 1.29 is 0 Å². The minimum atomic E-state index is 0.606. The Bertz CT molecular complexity index is 180. The smallest absolute Gasteiger partial charge is 0.0222 e. The van der Waals surface area contributed by atoms with Gasteiger partial charge in [0.2, 0.25) is 0 Å². The van der Waals surface area contributed by atoms with Crippen LogP contribution in [-0.4, -0.2) is 0 Å². The van der Waals surface area contributed by atoms with Gasteiger partial charge in [0, 0.05) is 0 Å². The van der Waals surface area contributed by atoms with Crippen molar-refractivity contribution in [2.75, 3.05) is 0 Å². The second-order valence-electron chi connectivity index (χ2n) is 3.04. The van der Waals surface area contributed by atoms with Gasteiger partial charge in [-0.3, -0.25) is 0 Å². The van der Waals surface area contributed by atoms with Crippen LogP contribution in [0.4, 0.5) is 0 Å². The summed E-state index contributed by atoms with van der Waals surface area (Å²) < 4.78 is 0. The van der Waals surface area contributed by atoms with E-state index in [0.717, 1.165) is 0 Å². The van der Waals surface area contributed by atoms with E-state index in [0.29, 0.717) is 5.92 Å². The van der Waals surface area contributed by atoms with Gasteiger partial charge in [-0.1, -0.05) is 44.2 Å². The molecule has 0 heterocycles. The summed E-state index contributed by atoms with van der Waals surface area (Å²) in [5.74, 6) is 0.606. The van der Waals surface area contributed by atoms with Gasteiger partial charge in [0.05, 0.1) is 0 Å². The van der Waals surface area contributed by atoms with Crippen LogP contribution in [0.1, 0.15) is 27.7 Å². The van der Waals surface area contributed by atoms with Crippen molar-refractivity contribution in [3.63, 3.8) is 0 Å². The summed E-state index contributed by atoms with van der Waals surface area (Å²) in [6.45, 7) is 12.2. The first-order valence-corrected chi connectivity index (χ1v) is 4.08. The first-order valence-electron chi connectivity index (χ1n) is 4.08. The zero-order valence-electron chi connectivity index (χ0n) is 8.02. The third kappa shape index (κ3) is 3.82. The molecule has 0 rings (SSSR count). The molecular weight excluding hydrogens is 132 g/mol. The van der Waals surface area contributed by atoms with Crippen molar-refractivity contribution in [1.82, 2.24) is 0 Å². The highest BCUT2D eigenvalue weighted by atomic mass is 14.0. The lowest BCUT2D eigenvalue weighted by molar-refractivity contribution is 0.788. The molecule has 0 bridgehead atoms. The quantitative estimate of drug-likeness (QED) is 0.538. The second kappa shape index (κ2) is 4.95. The largest absolute Gasteiger partial charge is 0.0988 e. The van der Waals surface area contributed by atoms with Crippen molar-refractivity contribution in [3.8, 4) is 0 Å². The maximum atomic E-state index is 3.71. The molecule has 0 saturated carbocycles. The van der Waals surface area contributed by atoms with Gasteiger partial charge in [-0.2, -0.15) is 0 Å². The van der Waals surface area contributed by atoms with E-state index in [1.165, 1.54) is 11.1 Å². The van der Waals surface area contributed by atoms with Crippen molar-refractivity contribution in [3.05, 3.63) is 36.0 Å². The van der Waals surface area contributed by atoms with E-state index >= 15 is 0 Å². The van der Waals surface area contributed by atoms with Gasteiger partial charge in [-0.25, -0.2) is 0 Å². The predicted molar refractivity (Wildman–Crippen MR) is 52.5 cm³/mol. The number of hydrogen-bond donors (Lipinski definition) is 0. The predicted octanol–water partition coefficient (Wildman–Crippen LogP) is 3.72. The third-order valence-electron chi connectivity index (χ3n) is 1.72. The highest BCUT2D eigenvalue weighted by Gasteiger charge is 1.96. The fourth-order valence-corrected chi connectivity index (χ4v) is 0.905. The van der Waals surface area contributed by atoms with E-state index in [1.807, 2.05) is 6.08 Å². The molecule has 0 radical (unpaired) electrons. The van der Waals surface area contributed by atoms with Crippen LogP contribution in [0.2, 0.25) is 0 Å². The molecule has 0 aromatic carbocycles. The molecule has 0 aliphatic rings. The summed E-state index contributed by atoms with van der Waals surface area (Å²) in [6, 6.07) is 0. The highest BCUT2D eigenvalue weighted by Crippen LogP contribution is 2.13. The maximum absolute atomic E-state index is 3.71. The van der Waals surface area contributed by atoms with Gasteiger partial charge in [0.15, 0.2) is 0 Å². The number of allylic oxidation sites excluding steroid dienone is 5. The number of rotatable bonds is 3. The van der Waals surface area contributed by atoms with Gasteiger partial charge in [0.25, 0.3) is 0 Å². The monoisotopic (exact) mass is 150 g/mol. The van der Waals surface area contributed by atoms with Gasteiger partial charge in [-0.05, 0) is 25.3 Å². The summed E-state index contributed by atoms with van der Waals surface area (Å²) in [4.78, 5) is 0. The third-order valence-corrected chi connectivity index (χ3v) is 1.72. The van der Waals surface area contributed by atoms with Crippen molar-refractivity contribution >= 4 is 0 Å². The molecule has 0 saturated heterocycles. The topological polar surface area (TPSA) is 0 Å². The van der Waals surface area contributed by atoms with Crippen molar-refractivity contribution in [2.45, 2.75) is 27.7 Å². The molecule has 0 aliphatic heterocycles. The summed E-state index contributed by atoms with van der Waals surface area (Å²) in [5, 5.41) is 0. The molecule has 0 amide bonds. The van der Waals surface area contributed by atoms with E-state index < -0.39 is 0 Å². The molecule has 0 spiro atoms. The molecule has 0 fully saturated rings. The van der Waals surface area contributed by atoms with Crippen LogP contribution in [0.5, 0.6) is 0 Å². The molecule has 0 atom stereocenters. The average Bonchev–Trinajstić information content (AvgIpc) is 1.99. The SMILES string of the molecule is C=C/C(C)=C\C(=C/C)C(C)C. The van der Waals surface area contributed by atoms with Crippen LogP contribution in [0.3, 0.4) is 0 Å². The molecule has 11 heavy (non-hydrogen) atoms. The lowest BCUT2D eigenvalue weighted by Gasteiger charge is -2.05. The van der Waals surface area contributed by atoms with E-state index in [4.69, 9.17) is 0 Å². The minimum absolute atomic E-state index is 0.606. The van der Waals surface area contributed by atoms with Crippen molar-refractivity contribution in [1.29, 1.82) is 0 Å². The van der Waals surface area contributed by atoms with Gasteiger partial charge < -0.3 is 0 Å². The van der Waals surface area contributed by atoms with Gasteiger partial charge >= 0.3 is 0 Å². The molecule has 0 N–H and O–H groups in total. The van der Waals surface area contributed by atoms with Gasteiger partial charge in [0.1, 0.15) is 0 Å². The fraction of sp³-hybridized carbons (Fsp3) is 0.455. The zero-order valence-corrected chi connectivity index (χ0v) is 8.02. The first kappa shape index (κ1) is 10.2. The Kier molecular flexibility index (Phi) is 4.60. The van der Waals surface area contributed by atoms with Gasteiger partial charge in [-0.15, -0.1) is 0 Å². The Morgan fingerprint density at radius 2 is 1.91 bits per heavy atom. The molecule has 0 heteroatoms. The Labute approximate surface area is 70.3 Å². The molecule has 0 aliphatic carbocycles. The Hall–Kier alpha value is -0.780. The molecule has 62 valence electrons. The Morgan fingerprint density at radius 1 is 1.36 bits per heavy atom. The summed E-state index contributed by atoms with van der Waals surface area (Å²) >= 11 is 0. The van der Waals surface area contributed by atoms with E-state index in [2.05, 4.69) is 46.4 Å².